The molecule has 1 atom stereocenters. The third-order valence-corrected chi connectivity index (χ3v) is 1.95. The maximum atomic E-state index is 11.3. The second-order valence-corrected chi connectivity index (χ2v) is 2.90. The van der Waals surface area contributed by atoms with Crippen LogP contribution >= 0.6 is 0 Å². The molecule has 0 fully saturated rings. The Morgan fingerprint density at radius 2 is 2.50 bits per heavy atom. The number of rotatable bonds is 3. The molecule has 2 heteroatoms. The van der Waals surface area contributed by atoms with E-state index in [-0.39, 0.29) is 11.9 Å². The van der Waals surface area contributed by atoms with Crippen molar-refractivity contribution < 1.29 is 9.53 Å². The lowest BCUT2D eigenvalue weighted by Gasteiger charge is -2.15. The molecule has 0 spiro atoms. The van der Waals surface area contributed by atoms with Crippen LogP contribution in [-0.2, 0) is 9.53 Å². The number of carbonyl (C=O) groups excluding carboxylic acids is 1. The Kier molecular flexibility index (Phi) is 3.58. The fourth-order valence-electron chi connectivity index (χ4n) is 1.27. The number of ether oxygens (including phenoxy) is 1. The van der Waals surface area contributed by atoms with Crippen molar-refractivity contribution in [2.24, 2.45) is 5.92 Å². The first-order valence-corrected chi connectivity index (χ1v) is 4.27. The molecule has 0 radical (unpaired) electrons. The van der Waals surface area contributed by atoms with E-state index in [0.29, 0.717) is 6.61 Å². The first-order valence-electron chi connectivity index (χ1n) is 4.27. The van der Waals surface area contributed by atoms with Crippen LogP contribution in [0.25, 0.3) is 0 Å². The molecule has 0 aromatic rings. The number of hydrogen-bond acceptors (Lipinski definition) is 2. The molecule has 1 rings (SSSR count). The monoisotopic (exact) mass is 166 g/mol. The zero-order valence-corrected chi connectivity index (χ0v) is 7.16. The predicted octanol–water partition coefficient (Wildman–Crippen LogP) is 2.07. The Morgan fingerprint density at radius 1 is 1.67 bits per heavy atom. The van der Waals surface area contributed by atoms with Crippen LogP contribution in [0.15, 0.2) is 24.8 Å². The molecule has 0 saturated carbocycles. The predicted molar refractivity (Wildman–Crippen MR) is 47.6 cm³/mol. The molecular weight excluding hydrogens is 152 g/mol. The van der Waals surface area contributed by atoms with E-state index in [4.69, 9.17) is 4.74 Å². The Labute approximate surface area is 72.9 Å². The molecule has 0 aromatic carbocycles. The first-order chi connectivity index (χ1) is 5.84. The lowest BCUT2D eigenvalue weighted by Crippen LogP contribution is -2.18. The topological polar surface area (TPSA) is 26.3 Å². The van der Waals surface area contributed by atoms with Gasteiger partial charge >= 0.3 is 5.97 Å². The second kappa shape index (κ2) is 4.75. The van der Waals surface area contributed by atoms with Crippen molar-refractivity contribution in [1.82, 2.24) is 0 Å². The van der Waals surface area contributed by atoms with Crippen molar-refractivity contribution in [1.29, 1.82) is 0 Å². The Bertz CT molecular complexity index is 194. The van der Waals surface area contributed by atoms with Crippen molar-refractivity contribution in [2.75, 3.05) is 6.61 Å². The van der Waals surface area contributed by atoms with Crippen molar-refractivity contribution in [3.8, 4) is 0 Å². The molecule has 66 valence electrons. The molecule has 1 aliphatic carbocycles. The summed E-state index contributed by atoms with van der Waals surface area (Å²) in [7, 11) is 0. The van der Waals surface area contributed by atoms with E-state index in [1.807, 2.05) is 6.08 Å². The van der Waals surface area contributed by atoms with E-state index >= 15 is 0 Å². The third-order valence-electron chi connectivity index (χ3n) is 1.95. The highest BCUT2D eigenvalue weighted by molar-refractivity contribution is 5.72. The number of allylic oxidation sites excluding steroid dienone is 2. The van der Waals surface area contributed by atoms with Crippen LogP contribution < -0.4 is 0 Å². The smallest absolute Gasteiger partial charge is 0.309 e. The summed E-state index contributed by atoms with van der Waals surface area (Å²) in [5.41, 5.74) is 0. The zero-order chi connectivity index (χ0) is 8.81. The van der Waals surface area contributed by atoms with Gasteiger partial charge in [0.15, 0.2) is 0 Å². The third kappa shape index (κ3) is 2.53. The molecule has 0 heterocycles. The van der Waals surface area contributed by atoms with Gasteiger partial charge < -0.3 is 4.74 Å². The highest BCUT2D eigenvalue weighted by Crippen LogP contribution is 2.19. The lowest BCUT2D eigenvalue weighted by molar-refractivity contribution is -0.147. The van der Waals surface area contributed by atoms with Crippen molar-refractivity contribution in [3.05, 3.63) is 24.8 Å². The SMILES string of the molecule is C=CCOC(=O)C1CC=CCC1. The Morgan fingerprint density at radius 3 is 3.08 bits per heavy atom. The van der Waals surface area contributed by atoms with Crippen LogP contribution in [0.4, 0.5) is 0 Å². The highest BCUT2D eigenvalue weighted by atomic mass is 16.5. The van der Waals surface area contributed by atoms with Crippen LogP contribution in [0.1, 0.15) is 19.3 Å². The van der Waals surface area contributed by atoms with Crippen LogP contribution in [0.3, 0.4) is 0 Å². The highest BCUT2D eigenvalue weighted by Gasteiger charge is 2.19. The molecule has 1 unspecified atom stereocenters. The molecule has 1 aliphatic rings. The maximum Gasteiger partial charge on any atom is 0.309 e. The number of hydrogen-bond donors (Lipinski definition) is 0. The standard InChI is InChI=1S/C10H14O2/c1-2-8-12-10(11)9-6-4-3-5-7-9/h2-4,9H,1,5-8H2. The molecule has 0 aromatic heterocycles. The minimum absolute atomic E-state index is 0.0787. The average molecular weight is 166 g/mol. The van der Waals surface area contributed by atoms with Gasteiger partial charge in [-0.15, -0.1) is 0 Å². The Hall–Kier alpha value is -1.05. The van der Waals surface area contributed by atoms with Crippen LogP contribution in [0.2, 0.25) is 0 Å². The normalized spacial score (nSPS) is 21.8. The summed E-state index contributed by atoms with van der Waals surface area (Å²) in [6, 6.07) is 0. The molecular formula is C10H14O2. The maximum absolute atomic E-state index is 11.3. The van der Waals surface area contributed by atoms with Crippen LogP contribution in [-0.4, -0.2) is 12.6 Å². The van der Waals surface area contributed by atoms with E-state index in [0.717, 1.165) is 19.3 Å². The first kappa shape index (κ1) is 9.04. The molecule has 12 heavy (non-hydrogen) atoms. The van der Waals surface area contributed by atoms with Gasteiger partial charge in [-0.1, -0.05) is 24.8 Å². The quantitative estimate of drug-likeness (QED) is 0.474. The van der Waals surface area contributed by atoms with Gasteiger partial charge in [-0.05, 0) is 19.3 Å². The molecule has 0 saturated heterocycles. The summed E-state index contributed by atoms with van der Waals surface area (Å²) < 4.78 is 4.94. The molecule has 0 N–H and O–H groups in total. The Balaban J connectivity index is 2.31. The van der Waals surface area contributed by atoms with E-state index in [2.05, 4.69) is 12.7 Å². The number of esters is 1. The lowest BCUT2D eigenvalue weighted by atomic mass is 9.95. The van der Waals surface area contributed by atoms with Crippen LogP contribution in [0, 0.1) is 5.92 Å². The second-order valence-electron chi connectivity index (χ2n) is 2.90. The van der Waals surface area contributed by atoms with E-state index in [1.165, 1.54) is 0 Å². The average Bonchev–Trinajstić information content (AvgIpc) is 2.15. The summed E-state index contributed by atoms with van der Waals surface area (Å²) in [4.78, 5) is 11.3. The summed E-state index contributed by atoms with van der Waals surface area (Å²) in [5.74, 6) is -0.00537. The molecule has 2 nitrogen and oxygen atoms in total. The fourth-order valence-corrected chi connectivity index (χ4v) is 1.27. The summed E-state index contributed by atoms with van der Waals surface area (Å²) >= 11 is 0. The van der Waals surface area contributed by atoms with Gasteiger partial charge in [0.2, 0.25) is 0 Å². The van der Waals surface area contributed by atoms with E-state index < -0.39 is 0 Å². The van der Waals surface area contributed by atoms with Gasteiger partial charge in [0.1, 0.15) is 6.61 Å². The summed E-state index contributed by atoms with van der Waals surface area (Å²) in [6.07, 6.45) is 8.49. The zero-order valence-electron chi connectivity index (χ0n) is 7.16. The van der Waals surface area contributed by atoms with Crippen molar-refractivity contribution in [3.63, 3.8) is 0 Å². The van der Waals surface area contributed by atoms with Gasteiger partial charge in [0, 0.05) is 0 Å². The number of carbonyl (C=O) groups is 1. The molecule has 0 aliphatic heterocycles. The van der Waals surface area contributed by atoms with E-state index in [1.54, 1.807) is 6.08 Å². The summed E-state index contributed by atoms with van der Waals surface area (Å²) in [5, 5.41) is 0. The molecule has 0 amide bonds. The van der Waals surface area contributed by atoms with Crippen molar-refractivity contribution in [2.45, 2.75) is 19.3 Å². The largest absolute Gasteiger partial charge is 0.461 e. The van der Waals surface area contributed by atoms with Crippen molar-refractivity contribution >= 4 is 5.97 Å². The van der Waals surface area contributed by atoms with Gasteiger partial charge in [0.05, 0.1) is 5.92 Å². The summed E-state index contributed by atoms with van der Waals surface area (Å²) in [6.45, 7) is 3.82. The van der Waals surface area contributed by atoms with E-state index in [9.17, 15) is 4.79 Å². The van der Waals surface area contributed by atoms with Gasteiger partial charge in [-0.3, -0.25) is 4.79 Å². The van der Waals surface area contributed by atoms with Gasteiger partial charge in [-0.2, -0.15) is 0 Å². The van der Waals surface area contributed by atoms with Gasteiger partial charge in [0.25, 0.3) is 0 Å². The van der Waals surface area contributed by atoms with Gasteiger partial charge in [-0.25, -0.2) is 0 Å². The minimum Gasteiger partial charge on any atom is -0.461 e. The molecule has 0 bridgehead atoms. The van der Waals surface area contributed by atoms with Crippen LogP contribution in [0.5, 0.6) is 0 Å². The minimum atomic E-state index is -0.0840. The fraction of sp³-hybridized carbons (Fsp3) is 0.500.